The maximum Gasteiger partial charge on any atom is 0.0443 e. The summed E-state index contributed by atoms with van der Waals surface area (Å²) in [6, 6.07) is 11.5. The molecule has 3 nitrogen and oxygen atoms in total. The van der Waals surface area contributed by atoms with Crippen LogP contribution >= 0.6 is 0 Å². The minimum Gasteiger partial charge on any atom is -0.396 e. The fourth-order valence-electron chi connectivity index (χ4n) is 3.97. The molecule has 2 bridgehead atoms. The molecule has 0 spiro atoms. The molecule has 1 aliphatic heterocycles. The molecule has 2 N–H and O–H groups in total. The SMILES string of the molecule is OCCCNC1C2CCC1CN(Cc1ccccc1)C2. The van der Waals surface area contributed by atoms with Crippen LogP contribution in [0.1, 0.15) is 24.8 Å². The predicted molar refractivity (Wildman–Crippen MR) is 81.4 cm³/mol. The highest BCUT2D eigenvalue weighted by molar-refractivity contribution is 5.15. The van der Waals surface area contributed by atoms with E-state index in [9.17, 15) is 0 Å². The van der Waals surface area contributed by atoms with Crippen LogP contribution in [-0.4, -0.2) is 42.3 Å². The molecule has 0 radical (unpaired) electrons. The van der Waals surface area contributed by atoms with E-state index in [1.165, 1.54) is 31.5 Å². The Kier molecular flexibility index (Phi) is 4.71. The van der Waals surface area contributed by atoms with Crippen molar-refractivity contribution in [3.8, 4) is 0 Å². The average Bonchev–Trinajstić information content (AvgIpc) is 2.71. The highest BCUT2D eigenvalue weighted by Crippen LogP contribution is 2.37. The summed E-state index contributed by atoms with van der Waals surface area (Å²) in [7, 11) is 0. The molecule has 3 heteroatoms. The fourth-order valence-corrected chi connectivity index (χ4v) is 3.97. The number of nitrogens with one attached hydrogen (secondary N) is 1. The molecule has 1 heterocycles. The second-order valence-corrected chi connectivity index (χ2v) is 6.33. The van der Waals surface area contributed by atoms with E-state index in [2.05, 4.69) is 40.5 Å². The van der Waals surface area contributed by atoms with Gasteiger partial charge in [0, 0.05) is 32.3 Å². The minimum absolute atomic E-state index is 0.301. The number of fused-ring (bicyclic) bond motifs is 2. The van der Waals surface area contributed by atoms with E-state index in [0.29, 0.717) is 12.6 Å². The Bertz CT molecular complexity index is 395. The number of nitrogens with zero attached hydrogens (tertiary/aromatic N) is 1. The Morgan fingerprint density at radius 2 is 1.80 bits per heavy atom. The van der Waals surface area contributed by atoms with Crippen LogP contribution < -0.4 is 5.32 Å². The Hall–Kier alpha value is -0.900. The summed E-state index contributed by atoms with van der Waals surface area (Å²) in [6.45, 7) is 4.81. The lowest BCUT2D eigenvalue weighted by Crippen LogP contribution is -2.50. The van der Waals surface area contributed by atoms with Crippen LogP contribution in [0.25, 0.3) is 0 Å². The van der Waals surface area contributed by atoms with E-state index < -0.39 is 0 Å². The first kappa shape index (κ1) is 14.1. The van der Waals surface area contributed by atoms with Crippen molar-refractivity contribution >= 4 is 0 Å². The van der Waals surface area contributed by atoms with Crippen molar-refractivity contribution in [3.63, 3.8) is 0 Å². The van der Waals surface area contributed by atoms with Crippen LogP contribution in [0.3, 0.4) is 0 Å². The van der Waals surface area contributed by atoms with Crippen molar-refractivity contribution in [2.24, 2.45) is 11.8 Å². The quantitative estimate of drug-likeness (QED) is 0.777. The molecule has 0 amide bonds. The summed E-state index contributed by atoms with van der Waals surface area (Å²) in [5.74, 6) is 1.60. The Morgan fingerprint density at radius 3 is 2.45 bits per heavy atom. The van der Waals surface area contributed by atoms with Gasteiger partial charge in [-0.15, -0.1) is 0 Å². The van der Waals surface area contributed by atoms with Gasteiger partial charge in [-0.3, -0.25) is 4.90 Å². The van der Waals surface area contributed by atoms with E-state index in [1.807, 2.05) is 0 Å². The molecule has 20 heavy (non-hydrogen) atoms. The topological polar surface area (TPSA) is 35.5 Å². The lowest BCUT2D eigenvalue weighted by atomic mass is 9.91. The van der Waals surface area contributed by atoms with Crippen LogP contribution in [0.15, 0.2) is 30.3 Å². The molecular weight excluding hydrogens is 248 g/mol. The molecular formula is C17H26N2O. The molecule has 1 aromatic rings. The maximum absolute atomic E-state index is 8.90. The smallest absolute Gasteiger partial charge is 0.0443 e. The van der Waals surface area contributed by atoms with Crippen LogP contribution in [-0.2, 0) is 6.54 Å². The molecule has 110 valence electrons. The van der Waals surface area contributed by atoms with Gasteiger partial charge in [-0.25, -0.2) is 0 Å². The third-order valence-corrected chi connectivity index (χ3v) is 4.87. The molecule has 2 fully saturated rings. The molecule has 3 rings (SSSR count). The molecule has 0 aromatic heterocycles. The van der Waals surface area contributed by atoms with Gasteiger partial charge in [-0.2, -0.15) is 0 Å². The highest BCUT2D eigenvalue weighted by atomic mass is 16.3. The summed E-state index contributed by atoms with van der Waals surface area (Å²) < 4.78 is 0. The third kappa shape index (κ3) is 3.22. The lowest BCUT2D eigenvalue weighted by molar-refractivity contribution is 0.122. The van der Waals surface area contributed by atoms with E-state index in [4.69, 9.17) is 5.11 Å². The first-order valence-corrected chi connectivity index (χ1v) is 7.97. The highest BCUT2D eigenvalue weighted by Gasteiger charge is 2.41. The van der Waals surface area contributed by atoms with Crippen molar-refractivity contribution in [2.45, 2.75) is 31.8 Å². The number of piperidine rings is 1. The molecule has 2 atom stereocenters. The molecule has 1 aromatic carbocycles. The van der Waals surface area contributed by atoms with Crippen molar-refractivity contribution in [1.82, 2.24) is 10.2 Å². The van der Waals surface area contributed by atoms with Gasteiger partial charge in [-0.1, -0.05) is 30.3 Å². The minimum atomic E-state index is 0.301. The van der Waals surface area contributed by atoms with E-state index >= 15 is 0 Å². The van der Waals surface area contributed by atoms with Gasteiger partial charge < -0.3 is 10.4 Å². The summed E-state index contributed by atoms with van der Waals surface area (Å²) in [4.78, 5) is 2.63. The number of aliphatic hydroxyl groups is 1. The largest absolute Gasteiger partial charge is 0.396 e. The van der Waals surface area contributed by atoms with Gasteiger partial charge in [0.05, 0.1) is 0 Å². The summed E-state index contributed by atoms with van der Waals surface area (Å²) >= 11 is 0. The Balaban J connectivity index is 1.54. The summed E-state index contributed by atoms with van der Waals surface area (Å²) in [5.41, 5.74) is 1.43. The molecule has 1 saturated heterocycles. The number of rotatable bonds is 6. The van der Waals surface area contributed by atoms with Gasteiger partial charge in [0.2, 0.25) is 0 Å². The summed E-state index contributed by atoms with van der Waals surface area (Å²) in [6.07, 6.45) is 3.61. The van der Waals surface area contributed by atoms with E-state index in [-0.39, 0.29) is 0 Å². The average molecular weight is 274 g/mol. The van der Waals surface area contributed by atoms with E-state index in [1.54, 1.807) is 0 Å². The zero-order valence-corrected chi connectivity index (χ0v) is 12.2. The van der Waals surface area contributed by atoms with Crippen LogP contribution in [0.4, 0.5) is 0 Å². The van der Waals surface area contributed by atoms with Crippen molar-refractivity contribution in [2.75, 3.05) is 26.2 Å². The monoisotopic (exact) mass is 274 g/mol. The number of hydrogen-bond acceptors (Lipinski definition) is 3. The first-order valence-electron chi connectivity index (χ1n) is 7.97. The lowest BCUT2D eigenvalue weighted by Gasteiger charge is -2.38. The number of likely N-dealkylation sites (tertiary alicyclic amines) is 1. The van der Waals surface area contributed by atoms with Crippen LogP contribution in [0.2, 0.25) is 0 Å². The van der Waals surface area contributed by atoms with Crippen LogP contribution in [0.5, 0.6) is 0 Å². The Labute approximate surface area is 122 Å². The molecule has 1 aliphatic carbocycles. The van der Waals surface area contributed by atoms with Crippen LogP contribution in [0, 0.1) is 11.8 Å². The predicted octanol–water partition coefficient (Wildman–Crippen LogP) is 1.87. The second kappa shape index (κ2) is 6.70. The third-order valence-electron chi connectivity index (χ3n) is 4.87. The van der Waals surface area contributed by atoms with E-state index in [0.717, 1.165) is 31.3 Å². The summed E-state index contributed by atoms with van der Waals surface area (Å²) in [5, 5.41) is 12.6. The van der Waals surface area contributed by atoms with Crippen molar-refractivity contribution in [1.29, 1.82) is 0 Å². The second-order valence-electron chi connectivity index (χ2n) is 6.33. The molecule has 1 saturated carbocycles. The van der Waals surface area contributed by atoms with Gasteiger partial charge in [0.25, 0.3) is 0 Å². The van der Waals surface area contributed by atoms with Gasteiger partial charge >= 0.3 is 0 Å². The fraction of sp³-hybridized carbons (Fsp3) is 0.647. The van der Waals surface area contributed by atoms with Crippen molar-refractivity contribution < 1.29 is 5.11 Å². The number of benzene rings is 1. The van der Waals surface area contributed by atoms with Crippen molar-refractivity contribution in [3.05, 3.63) is 35.9 Å². The van der Waals surface area contributed by atoms with Gasteiger partial charge in [0.15, 0.2) is 0 Å². The molecule has 2 unspecified atom stereocenters. The molecule has 2 aliphatic rings. The number of aliphatic hydroxyl groups excluding tert-OH is 1. The number of hydrogen-bond donors (Lipinski definition) is 2. The zero-order valence-electron chi connectivity index (χ0n) is 12.2. The van der Waals surface area contributed by atoms with Gasteiger partial charge in [-0.05, 0) is 43.2 Å². The normalized spacial score (nSPS) is 29.8. The first-order chi connectivity index (χ1) is 9.86. The maximum atomic E-state index is 8.90. The van der Waals surface area contributed by atoms with Gasteiger partial charge in [0.1, 0.15) is 0 Å². The Morgan fingerprint density at radius 1 is 1.10 bits per heavy atom. The zero-order chi connectivity index (χ0) is 13.8. The standard InChI is InChI=1S/C17H26N2O/c20-10-4-9-18-17-15-7-8-16(17)13-19(12-15)11-14-5-2-1-3-6-14/h1-3,5-6,15-18,20H,4,7-13H2.